The van der Waals surface area contributed by atoms with E-state index < -0.39 is 5.97 Å². The molecule has 1 heterocycles. The van der Waals surface area contributed by atoms with E-state index in [1.165, 1.54) is 0 Å². The number of aliphatic hydroxyl groups is 1. The van der Waals surface area contributed by atoms with Crippen molar-refractivity contribution in [2.75, 3.05) is 6.61 Å². The van der Waals surface area contributed by atoms with Gasteiger partial charge in [0.05, 0.1) is 17.5 Å². The molecule has 3 rings (SSSR count). The molecule has 6 heteroatoms. The highest BCUT2D eigenvalue weighted by Crippen LogP contribution is 2.22. The van der Waals surface area contributed by atoms with E-state index in [0.29, 0.717) is 11.3 Å². The molecule has 0 aliphatic heterocycles. The van der Waals surface area contributed by atoms with E-state index in [-0.39, 0.29) is 24.4 Å². The van der Waals surface area contributed by atoms with Crippen LogP contribution >= 0.6 is 0 Å². The second-order valence-electron chi connectivity index (χ2n) is 6.67. The molecular weight excluding hydrogens is 354 g/mol. The molecule has 1 aromatic heterocycles. The Hall–Kier alpha value is -3.59. The Morgan fingerprint density at radius 1 is 1.21 bits per heavy atom. The number of rotatable bonds is 5. The summed E-state index contributed by atoms with van der Waals surface area (Å²) in [4.78, 5) is 16.5. The van der Waals surface area contributed by atoms with E-state index in [1.807, 2.05) is 62.4 Å². The Kier molecular flexibility index (Phi) is 5.46. The molecule has 0 amide bonds. The van der Waals surface area contributed by atoms with Gasteiger partial charge in [-0.25, -0.2) is 4.98 Å². The molecule has 0 atom stereocenters. The normalized spacial score (nSPS) is 11.8. The molecule has 0 saturated heterocycles. The number of allylic oxidation sites excluding steroid dienone is 1. The predicted molar refractivity (Wildman–Crippen MR) is 106 cm³/mol. The standard InChI is InChI=1S/C22H21N3O3/c1-14-8-9-16(10-15(14)2)11-21(27)28-13-20(26)17(12-23)22-24-18-6-4-5-7-19(18)25(22)3/h4-10,26H,11,13H2,1-3H3/b20-17-. The molecule has 0 radical (unpaired) electrons. The van der Waals surface area contributed by atoms with E-state index in [0.717, 1.165) is 22.2 Å². The van der Waals surface area contributed by atoms with E-state index in [4.69, 9.17) is 4.74 Å². The van der Waals surface area contributed by atoms with Crippen LogP contribution in [0, 0.1) is 25.2 Å². The van der Waals surface area contributed by atoms with Gasteiger partial charge in [-0.05, 0) is 42.7 Å². The average Bonchev–Trinajstić information content (AvgIpc) is 3.00. The van der Waals surface area contributed by atoms with Gasteiger partial charge in [0.25, 0.3) is 0 Å². The van der Waals surface area contributed by atoms with Crippen molar-refractivity contribution in [3.8, 4) is 6.07 Å². The van der Waals surface area contributed by atoms with Gasteiger partial charge in [0.15, 0.2) is 11.6 Å². The lowest BCUT2D eigenvalue weighted by atomic mass is 10.0. The monoisotopic (exact) mass is 375 g/mol. The Morgan fingerprint density at radius 3 is 2.64 bits per heavy atom. The van der Waals surface area contributed by atoms with E-state index in [2.05, 4.69) is 4.98 Å². The number of benzene rings is 2. The van der Waals surface area contributed by atoms with Gasteiger partial charge in [-0.15, -0.1) is 0 Å². The number of aliphatic hydroxyl groups excluding tert-OH is 1. The predicted octanol–water partition coefficient (Wildman–Crippen LogP) is 3.77. The van der Waals surface area contributed by atoms with Crippen molar-refractivity contribution in [3.05, 3.63) is 70.7 Å². The molecule has 0 aliphatic carbocycles. The van der Waals surface area contributed by atoms with Crippen LogP contribution in [0.25, 0.3) is 16.6 Å². The van der Waals surface area contributed by atoms with Gasteiger partial charge < -0.3 is 14.4 Å². The van der Waals surface area contributed by atoms with E-state index in [1.54, 1.807) is 11.6 Å². The lowest BCUT2D eigenvalue weighted by Gasteiger charge is -2.08. The van der Waals surface area contributed by atoms with Crippen LogP contribution in [0.4, 0.5) is 0 Å². The maximum absolute atomic E-state index is 12.1. The highest BCUT2D eigenvalue weighted by Gasteiger charge is 2.17. The summed E-state index contributed by atoms with van der Waals surface area (Å²) in [5.74, 6) is -0.474. The number of hydrogen-bond donors (Lipinski definition) is 1. The van der Waals surface area contributed by atoms with Crippen LogP contribution in [-0.4, -0.2) is 27.2 Å². The van der Waals surface area contributed by atoms with Crippen LogP contribution in [0.3, 0.4) is 0 Å². The first-order chi connectivity index (χ1) is 13.4. The Bertz CT molecular complexity index is 1120. The summed E-state index contributed by atoms with van der Waals surface area (Å²) in [5.41, 5.74) is 4.63. The average molecular weight is 375 g/mol. The van der Waals surface area contributed by atoms with Crippen LogP contribution in [0.1, 0.15) is 22.5 Å². The molecule has 6 nitrogen and oxygen atoms in total. The maximum atomic E-state index is 12.1. The molecule has 1 N–H and O–H groups in total. The molecule has 0 unspecified atom stereocenters. The highest BCUT2D eigenvalue weighted by atomic mass is 16.5. The zero-order valence-corrected chi connectivity index (χ0v) is 16.1. The molecule has 0 spiro atoms. The van der Waals surface area contributed by atoms with Gasteiger partial charge >= 0.3 is 5.97 Å². The van der Waals surface area contributed by atoms with Crippen LogP contribution in [0.15, 0.2) is 48.2 Å². The topological polar surface area (TPSA) is 88.1 Å². The molecule has 0 saturated carbocycles. The van der Waals surface area contributed by atoms with Crippen LogP contribution < -0.4 is 0 Å². The van der Waals surface area contributed by atoms with Crippen molar-refractivity contribution >= 4 is 22.6 Å². The number of nitriles is 1. The van der Waals surface area contributed by atoms with Gasteiger partial charge in [0.2, 0.25) is 0 Å². The number of carbonyl (C=O) groups excluding carboxylic acids is 1. The fourth-order valence-corrected chi connectivity index (χ4v) is 2.96. The van der Waals surface area contributed by atoms with Gasteiger partial charge in [-0.2, -0.15) is 5.26 Å². The van der Waals surface area contributed by atoms with Crippen LogP contribution in [0.2, 0.25) is 0 Å². The number of nitrogens with zero attached hydrogens (tertiary/aromatic N) is 3. The number of imidazole rings is 1. The number of esters is 1. The summed E-state index contributed by atoms with van der Waals surface area (Å²) in [6.45, 7) is 3.61. The van der Waals surface area contributed by atoms with Crippen molar-refractivity contribution in [3.63, 3.8) is 0 Å². The molecule has 0 fully saturated rings. The third-order valence-corrected chi connectivity index (χ3v) is 4.70. The third-order valence-electron chi connectivity index (χ3n) is 4.70. The summed E-state index contributed by atoms with van der Waals surface area (Å²) >= 11 is 0. The summed E-state index contributed by atoms with van der Waals surface area (Å²) in [5, 5.41) is 19.8. The van der Waals surface area contributed by atoms with Crippen molar-refractivity contribution in [1.29, 1.82) is 5.26 Å². The summed E-state index contributed by atoms with van der Waals surface area (Å²) in [6, 6.07) is 15.2. The van der Waals surface area contributed by atoms with Crippen molar-refractivity contribution in [2.45, 2.75) is 20.3 Å². The molecule has 0 bridgehead atoms. The van der Waals surface area contributed by atoms with Crippen molar-refractivity contribution < 1.29 is 14.6 Å². The number of carbonyl (C=O) groups is 1. The molecule has 3 aromatic rings. The molecule has 0 aliphatic rings. The number of para-hydroxylation sites is 2. The molecule has 142 valence electrons. The maximum Gasteiger partial charge on any atom is 0.310 e. The number of aryl methyl sites for hydroxylation is 3. The van der Waals surface area contributed by atoms with Gasteiger partial charge in [0.1, 0.15) is 18.2 Å². The van der Waals surface area contributed by atoms with E-state index >= 15 is 0 Å². The summed E-state index contributed by atoms with van der Waals surface area (Å²) in [6.07, 6.45) is 0.0998. The largest absolute Gasteiger partial charge is 0.507 e. The number of fused-ring (bicyclic) bond motifs is 1. The zero-order chi connectivity index (χ0) is 20.3. The molecule has 28 heavy (non-hydrogen) atoms. The second kappa shape index (κ2) is 7.97. The fraction of sp³-hybridized carbons (Fsp3) is 0.227. The van der Waals surface area contributed by atoms with Gasteiger partial charge in [0, 0.05) is 7.05 Å². The first-order valence-electron chi connectivity index (χ1n) is 8.86. The molecular formula is C22H21N3O3. The molecule has 2 aromatic carbocycles. The van der Waals surface area contributed by atoms with Crippen LogP contribution in [0.5, 0.6) is 0 Å². The Labute approximate surface area is 163 Å². The second-order valence-corrected chi connectivity index (χ2v) is 6.67. The van der Waals surface area contributed by atoms with Gasteiger partial charge in [-0.3, -0.25) is 4.79 Å². The first kappa shape index (κ1) is 19.2. The lowest BCUT2D eigenvalue weighted by Crippen LogP contribution is -2.12. The number of ether oxygens (including phenoxy) is 1. The minimum absolute atomic E-state index is 0.0160. The lowest BCUT2D eigenvalue weighted by molar-refractivity contribution is -0.142. The summed E-state index contributed by atoms with van der Waals surface area (Å²) < 4.78 is 6.88. The van der Waals surface area contributed by atoms with Crippen molar-refractivity contribution in [1.82, 2.24) is 9.55 Å². The minimum Gasteiger partial charge on any atom is -0.507 e. The SMILES string of the molecule is Cc1ccc(CC(=O)OC/C(O)=C(\C#N)c2nc3ccccc3n2C)cc1C. The first-order valence-corrected chi connectivity index (χ1v) is 8.86. The quantitative estimate of drug-likeness (QED) is 0.417. The highest BCUT2D eigenvalue weighted by molar-refractivity contribution is 5.84. The Balaban J connectivity index is 1.75. The number of aromatic nitrogens is 2. The Morgan fingerprint density at radius 2 is 1.96 bits per heavy atom. The third kappa shape index (κ3) is 3.89. The van der Waals surface area contributed by atoms with Gasteiger partial charge in [-0.1, -0.05) is 30.3 Å². The van der Waals surface area contributed by atoms with Crippen LogP contribution in [-0.2, 0) is 23.0 Å². The smallest absolute Gasteiger partial charge is 0.310 e. The summed E-state index contributed by atoms with van der Waals surface area (Å²) in [7, 11) is 1.76. The minimum atomic E-state index is -0.475. The van der Waals surface area contributed by atoms with E-state index in [9.17, 15) is 15.2 Å². The zero-order valence-electron chi connectivity index (χ0n) is 16.1. The van der Waals surface area contributed by atoms with Crippen molar-refractivity contribution in [2.24, 2.45) is 7.05 Å². The fourth-order valence-electron chi connectivity index (χ4n) is 2.96. The number of hydrogen-bond acceptors (Lipinski definition) is 5.